The molecule has 1 aliphatic heterocycles. The van der Waals surface area contributed by atoms with Crippen LogP contribution in [-0.2, 0) is 21.4 Å². The summed E-state index contributed by atoms with van der Waals surface area (Å²) >= 11 is 7.40. The summed E-state index contributed by atoms with van der Waals surface area (Å²) in [6.45, 7) is 8.46. The average molecular weight is 531 g/mol. The topological polar surface area (TPSA) is 70.5 Å². The lowest BCUT2D eigenvalue weighted by molar-refractivity contribution is -0.132. The summed E-state index contributed by atoms with van der Waals surface area (Å²) in [5.41, 5.74) is 4.16. The molecular weight excluding hydrogens is 504 g/mol. The standard InChI is InChI=1S/C30H27ClN2O3S/c1-5-17-6-15-22-23(16-17)37-29(32-22)33-25(18-7-11-20(12-8-18)30(2,3)4)24(27(35)28(33)36)26(34)19-9-13-21(31)14-10-19/h6-16,25,34H,5H2,1-4H3/b26-24+. The van der Waals surface area contributed by atoms with Gasteiger partial charge in [-0.05, 0) is 64.9 Å². The number of aryl methyl sites for hydroxylation is 1. The number of carbonyl (C=O) groups is 2. The average Bonchev–Trinajstić information content (AvgIpc) is 3.41. The molecule has 2 heterocycles. The number of anilines is 1. The third-order valence-electron chi connectivity index (χ3n) is 6.71. The molecule has 1 atom stereocenters. The summed E-state index contributed by atoms with van der Waals surface area (Å²) in [4.78, 5) is 33.1. The number of Topliss-reactive ketones (excluding diaryl/α,β-unsaturated/α-hetero) is 1. The maximum absolute atomic E-state index is 13.5. The van der Waals surface area contributed by atoms with Crippen LogP contribution in [0.5, 0.6) is 0 Å². The maximum atomic E-state index is 13.5. The molecule has 0 radical (unpaired) electrons. The van der Waals surface area contributed by atoms with Crippen molar-refractivity contribution in [2.45, 2.75) is 45.6 Å². The van der Waals surface area contributed by atoms with Gasteiger partial charge in [0.1, 0.15) is 5.76 Å². The van der Waals surface area contributed by atoms with Gasteiger partial charge in [0.25, 0.3) is 5.78 Å². The van der Waals surface area contributed by atoms with Gasteiger partial charge in [-0.1, -0.05) is 81.0 Å². The molecule has 1 unspecified atom stereocenters. The molecule has 0 spiro atoms. The van der Waals surface area contributed by atoms with E-state index in [9.17, 15) is 14.7 Å². The van der Waals surface area contributed by atoms with Gasteiger partial charge in [-0.3, -0.25) is 14.5 Å². The zero-order chi connectivity index (χ0) is 26.5. The Balaban J connectivity index is 1.70. The van der Waals surface area contributed by atoms with Gasteiger partial charge in [0, 0.05) is 10.6 Å². The fourth-order valence-corrected chi connectivity index (χ4v) is 5.74. The summed E-state index contributed by atoms with van der Waals surface area (Å²) in [7, 11) is 0. The number of hydrogen-bond acceptors (Lipinski definition) is 5. The molecule has 0 saturated carbocycles. The quantitative estimate of drug-likeness (QED) is 0.169. The highest BCUT2D eigenvalue weighted by atomic mass is 35.5. The van der Waals surface area contributed by atoms with Gasteiger partial charge in [0.2, 0.25) is 0 Å². The lowest BCUT2D eigenvalue weighted by atomic mass is 9.85. The van der Waals surface area contributed by atoms with E-state index in [4.69, 9.17) is 16.6 Å². The number of fused-ring (bicyclic) bond motifs is 1. The molecule has 188 valence electrons. The van der Waals surface area contributed by atoms with Gasteiger partial charge < -0.3 is 5.11 Å². The molecule has 5 rings (SSSR count). The first-order valence-electron chi connectivity index (χ1n) is 12.2. The van der Waals surface area contributed by atoms with Crippen molar-refractivity contribution in [3.05, 3.63) is 99.6 Å². The SMILES string of the molecule is CCc1ccc2nc(N3C(=O)C(=O)/C(=C(/O)c4ccc(Cl)cc4)C3c3ccc(C(C)(C)C)cc3)sc2c1. The van der Waals surface area contributed by atoms with Crippen molar-refractivity contribution in [1.29, 1.82) is 0 Å². The highest BCUT2D eigenvalue weighted by molar-refractivity contribution is 7.22. The highest BCUT2D eigenvalue weighted by Gasteiger charge is 2.48. The van der Waals surface area contributed by atoms with Crippen LogP contribution in [0.1, 0.15) is 56.0 Å². The second kappa shape index (κ2) is 9.43. The second-order valence-electron chi connectivity index (χ2n) is 10.2. The predicted molar refractivity (Wildman–Crippen MR) is 150 cm³/mol. The van der Waals surface area contributed by atoms with Crippen molar-refractivity contribution >= 4 is 55.7 Å². The van der Waals surface area contributed by atoms with Crippen LogP contribution in [0, 0.1) is 0 Å². The minimum atomic E-state index is -0.823. The van der Waals surface area contributed by atoms with Gasteiger partial charge in [-0.25, -0.2) is 4.98 Å². The molecule has 7 heteroatoms. The maximum Gasteiger partial charge on any atom is 0.301 e. The Morgan fingerprint density at radius 1 is 1.03 bits per heavy atom. The van der Waals surface area contributed by atoms with E-state index in [0.717, 1.165) is 27.8 Å². The predicted octanol–water partition coefficient (Wildman–Crippen LogP) is 7.44. The molecule has 1 aromatic heterocycles. The van der Waals surface area contributed by atoms with Gasteiger partial charge in [0.15, 0.2) is 5.13 Å². The van der Waals surface area contributed by atoms with Crippen LogP contribution >= 0.6 is 22.9 Å². The highest BCUT2D eigenvalue weighted by Crippen LogP contribution is 2.44. The van der Waals surface area contributed by atoms with E-state index >= 15 is 0 Å². The van der Waals surface area contributed by atoms with Crippen molar-refractivity contribution in [1.82, 2.24) is 4.98 Å². The minimum absolute atomic E-state index is 0.0318. The summed E-state index contributed by atoms with van der Waals surface area (Å²) in [5, 5.41) is 12.2. The Labute approximate surface area is 225 Å². The first-order valence-corrected chi connectivity index (χ1v) is 13.3. The van der Waals surface area contributed by atoms with Crippen molar-refractivity contribution in [3.8, 4) is 0 Å². The van der Waals surface area contributed by atoms with E-state index in [-0.39, 0.29) is 16.7 Å². The molecule has 4 aromatic rings. The first-order chi connectivity index (χ1) is 17.6. The van der Waals surface area contributed by atoms with Crippen LogP contribution in [0.25, 0.3) is 16.0 Å². The number of nitrogens with zero attached hydrogens (tertiary/aromatic N) is 2. The molecule has 3 aromatic carbocycles. The molecule has 1 saturated heterocycles. The fraction of sp³-hybridized carbons (Fsp3) is 0.233. The van der Waals surface area contributed by atoms with E-state index in [0.29, 0.717) is 15.7 Å². The van der Waals surface area contributed by atoms with Crippen molar-refractivity contribution in [3.63, 3.8) is 0 Å². The van der Waals surface area contributed by atoms with Crippen LogP contribution in [0.4, 0.5) is 5.13 Å². The normalized spacial score (nSPS) is 17.6. The summed E-state index contributed by atoms with van der Waals surface area (Å²) in [6.07, 6.45) is 0.884. The van der Waals surface area contributed by atoms with E-state index in [1.807, 2.05) is 36.4 Å². The minimum Gasteiger partial charge on any atom is -0.507 e. The first kappa shape index (κ1) is 25.2. The Kier molecular flexibility index (Phi) is 6.42. The number of halogens is 1. The number of thiazole rings is 1. The summed E-state index contributed by atoms with van der Waals surface area (Å²) < 4.78 is 0.941. The molecule has 1 amide bonds. The second-order valence-corrected chi connectivity index (χ2v) is 11.6. The van der Waals surface area contributed by atoms with Gasteiger partial charge in [0.05, 0.1) is 21.8 Å². The molecule has 0 bridgehead atoms. The summed E-state index contributed by atoms with van der Waals surface area (Å²) in [5.74, 6) is -1.70. The number of hydrogen-bond donors (Lipinski definition) is 1. The fourth-order valence-electron chi connectivity index (χ4n) is 4.55. The Hall–Kier alpha value is -3.48. The molecule has 5 nitrogen and oxygen atoms in total. The number of carbonyl (C=O) groups excluding carboxylic acids is 2. The Bertz CT molecular complexity index is 1550. The number of aromatic nitrogens is 1. The van der Waals surface area contributed by atoms with E-state index in [1.54, 1.807) is 24.3 Å². The number of aliphatic hydroxyl groups is 1. The number of ketones is 1. The van der Waals surface area contributed by atoms with Crippen LogP contribution in [0.15, 0.2) is 72.3 Å². The lowest BCUT2D eigenvalue weighted by Crippen LogP contribution is -2.29. The van der Waals surface area contributed by atoms with Crippen LogP contribution in [0.2, 0.25) is 5.02 Å². The van der Waals surface area contributed by atoms with Gasteiger partial charge in [-0.2, -0.15) is 0 Å². The van der Waals surface area contributed by atoms with Crippen molar-refractivity contribution in [2.24, 2.45) is 0 Å². The molecular formula is C30H27ClN2O3S. The molecule has 1 N–H and O–H groups in total. The smallest absolute Gasteiger partial charge is 0.301 e. The van der Waals surface area contributed by atoms with Gasteiger partial charge >= 0.3 is 5.91 Å². The van der Waals surface area contributed by atoms with E-state index < -0.39 is 17.7 Å². The Morgan fingerprint density at radius 3 is 2.32 bits per heavy atom. The lowest BCUT2D eigenvalue weighted by Gasteiger charge is -2.24. The van der Waals surface area contributed by atoms with Gasteiger partial charge in [-0.15, -0.1) is 0 Å². The van der Waals surface area contributed by atoms with Crippen LogP contribution < -0.4 is 4.90 Å². The van der Waals surface area contributed by atoms with E-state index in [2.05, 4.69) is 33.8 Å². The molecule has 1 aliphatic rings. The molecule has 37 heavy (non-hydrogen) atoms. The number of aliphatic hydroxyl groups excluding tert-OH is 1. The zero-order valence-electron chi connectivity index (χ0n) is 21.1. The van der Waals surface area contributed by atoms with Crippen LogP contribution in [0.3, 0.4) is 0 Å². The number of amides is 1. The van der Waals surface area contributed by atoms with Crippen molar-refractivity contribution < 1.29 is 14.7 Å². The van der Waals surface area contributed by atoms with Crippen LogP contribution in [-0.4, -0.2) is 21.8 Å². The number of benzene rings is 3. The zero-order valence-corrected chi connectivity index (χ0v) is 22.7. The van der Waals surface area contributed by atoms with E-state index in [1.165, 1.54) is 21.8 Å². The van der Waals surface area contributed by atoms with Crippen molar-refractivity contribution in [2.75, 3.05) is 4.90 Å². The third kappa shape index (κ3) is 4.56. The Morgan fingerprint density at radius 2 is 1.70 bits per heavy atom. The largest absolute Gasteiger partial charge is 0.507 e. The summed E-state index contributed by atoms with van der Waals surface area (Å²) in [6, 6.07) is 19.6. The molecule has 1 fully saturated rings. The molecule has 0 aliphatic carbocycles. The number of rotatable bonds is 4. The third-order valence-corrected chi connectivity index (χ3v) is 7.98. The monoisotopic (exact) mass is 530 g/mol.